The number of hydrogen-bond acceptors (Lipinski definition) is 2. The van der Waals surface area contributed by atoms with Crippen molar-refractivity contribution in [3.05, 3.63) is 102 Å². The average Bonchev–Trinajstić information content (AvgIpc) is 2.57. The van der Waals surface area contributed by atoms with Crippen molar-refractivity contribution in [2.45, 2.75) is 10.8 Å². The Kier molecular flexibility index (Phi) is 4.47. The van der Waals surface area contributed by atoms with Gasteiger partial charge in [-0.3, -0.25) is 4.21 Å². The van der Waals surface area contributed by atoms with Crippen LogP contribution in [0.2, 0.25) is 0 Å². The summed E-state index contributed by atoms with van der Waals surface area (Å²) in [7, 11) is 0. The summed E-state index contributed by atoms with van der Waals surface area (Å²) in [5.41, 5.74) is 2.95. The normalized spacial score (nSPS) is 12.3. The number of rotatable bonds is 4. The summed E-state index contributed by atoms with van der Waals surface area (Å²) in [6.07, 6.45) is 0. The smallest absolute Gasteiger partial charge is 0.0351 e. The summed E-state index contributed by atoms with van der Waals surface area (Å²) in [5.74, 6) is -0.100. The standard InChI is InChI=1S/C19H16O2S/c20-22(21)18-14-8-7-13-17(18)19(15-9-3-1-4-10-15)16-11-5-2-6-12-16/h1-14,19H,(H,20,21)/p-1. The molecule has 0 bridgehead atoms. The summed E-state index contributed by atoms with van der Waals surface area (Å²) in [4.78, 5) is 0.347. The van der Waals surface area contributed by atoms with Crippen molar-refractivity contribution in [3.63, 3.8) is 0 Å². The van der Waals surface area contributed by atoms with Crippen LogP contribution in [0.3, 0.4) is 0 Å². The van der Waals surface area contributed by atoms with Crippen LogP contribution in [0.1, 0.15) is 22.6 Å². The molecule has 3 aromatic carbocycles. The van der Waals surface area contributed by atoms with Crippen LogP contribution >= 0.6 is 0 Å². The third-order valence-corrected chi connectivity index (χ3v) is 4.41. The third-order valence-electron chi connectivity index (χ3n) is 3.68. The van der Waals surface area contributed by atoms with Crippen LogP contribution in [0.4, 0.5) is 0 Å². The topological polar surface area (TPSA) is 40.1 Å². The molecule has 0 aromatic heterocycles. The fourth-order valence-electron chi connectivity index (χ4n) is 2.71. The Hall–Kier alpha value is -2.23. The first-order chi connectivity index (χ1) is 10.8. The van der Waals surface area contributed by atoms with E-state index in [1.165, 1.54) is 0 Å². The fraction of sp³-hybridized carbons (Fsp3) is 0.0526. The highest BCUT2D eigenvalue weighted by Crippen LogP contribution is 2.34. The van der Waals surface area contributed by atoms with Crippen molar-refractivity contribution < 1.29 is 8.76 Å². The summed E-state index contributed by atoms with van der Waals surface area (Å²) in [5, 5.41) is 0. The van der Waals surface area contributed by atoms with Crippen LogP contribution in [-0.2, 0) is 11.1 Å². The van der Waals surface area contributed by atoms with Gasteiger partial charge in [0.05, 0.1) is 0 Å². The summed E-state index contributed by atoms with van der Waals surface area (Å²) < 4.78 is 23.2. The molecule has 22 heavy (non-hydrogen) atoms. The molecule has 3 heteroatoms. The van der Waals surface area contributed by atoms with Crippen LogP contribution in [-0.4, -0.2) is 8.76 Å². The van der Waals surface area contributed by atoms with E-state index in [-0.39, 0.29) is 5.92 Å². The second kappa shape index (κ2) is 6.69. The Labute approximate surface area is 132 Å². The SMILES string of the molecule is O=S([O-])c1ccccc1C(c1ccccc1)c1ccccc1. The molecule has 0 fully saturated rings. The maximum Gasteiger partial charge on any atom is 0.0351 e. The van der Waals surface area contributed by atoms with Gasteiger partial charge in [-0.2, -0.15) is 0 Å². The van der Waals surface area contributed by atoms with E-state index in [1.807, 2.05) is 72.8 Å². The van der Waals surface area contributed by atoms with E-state index in [4.69, 9.17) is 0 Å². The minimum atomic E-state index is -2.26. The van der Waals surface area contributed by atoms with Gasteiger partial charge in [0.15, 0.2) is 0 Å². The first kappa shape index (κ1) is 14.7. The van der Waals surface area contributed by atoms with Gasteiger partial charge in [0.25, 0.3) is 0 Å². The highest BCUT2D eigenvalue weighted by molar-refractivity contribution is 7.79. The molecule has 1 unspecified atom stereocenters. The zero-order valence-corrected chi connectivity index (χ0v) is 12.7. The Morgan fingerprint density at radius 1 is 0.682 bits per heavy atom. The highest BCUT2D eigenvalue weighted by atomic mass is 32.2. The van der Waals surface area contributed by atoms with Crippen molar-refractivity contribution in [1.82, 2.24) is 0 Å². The lowest BCUT2D eigenvalue weighted by Gasteiger charge is -2.22. The predicted octanol–water partition coefficient (Wildman–Crippen LogP) is 4.10. The van der Waals surface area contributed by atoms with E-state index in [1.54, 1.807) is 12.1 Å². The van der Waals surface area contributed by atoms with Crippen molar-refractivity contribution >= 4 is 11.1 Å². The molecule has 110 valence electrons. The second-order valence-electron chi connectivity index (χ2n) is 5.03. The minimum Gasteiger partial charge on any atom is -0.768 e. The van der Waals surface area contributed by atoms with Gasteiger partial charge in [0.1, 0.15) is 0 Å². The molecule has 0 saturated carbocycles. The van der Waals surface area contributed by atoms with Gasteiger partial charge in [-0.05, 0) is 33.8 Å². The molecular formula is C19H15O2S-. The second-order valence-corrected chi connectivity index (χ2v) is 5.94. The Bertz CT molecular complexity index is 730. The zero-order valence-electron chi connectivity index (χ0n) is 11.9. The predicted molar refractivity (Wildman–Crippen MR) is 87.5 cm³/mol. The highest BCUT2D eigenvalue weighted by Gasteiger charge is 2.19. The van der Waals surface area contributed by atoms with Crippen LogP contribution in [0.25, 0.3) is 0 Å². The molecule has 0 saturated heterocycles. The Balaban J connectivity index is 2.21. The molecule has 0 aliphatic heterocycles. The van der Waals surface area contributed by atoms with Gasteiger partial charge in [-0.25, -0.2) is 0 Å². The minimum absolute atomic E-state index is 0.100. The lowest BCUT2D eigenvalue weighted by atomic mass is 9.85. The molecule has 0 spiro atoms. The van der Waals surface area contributed by atoms with E-state index < -0.39 is 11.1 Å². The monoisotopic (exact) mass is 307 g/mol. The maximum absolute atomic E-state index is 11.6. The Morgan fingerprint density at radius 2 is 1.14 bits per heavy atom. The van der Waals surface area contributed by atoms with E-state index in [2.05, 4.69) is 0 Å². The summed E-state index contributed by atoms with van der Waals surface area (Å²) in [6.45, 7) is 0. The molecule has 0 aliphatic rings. The fourth-order valence-corrected chi connectivity index (χ4v) is 3.28. The third kappa shape index (κ3) is 3.01. The summed E-state index contributed by atoms with van der Waals surface area (Å²) >= 11 is -2.26. The van der Waals surface area contributed by atoms with Crippen LogP contribution in [0.15, 0.2) is 89.8 Å². The van der Waals surface area contributed by atoms with Crippen molar-refractivity contribution in [3.8, 4) is 0 Å². The molecule has 2 nitrogen and oxygen atoms in total. The molecule has 0 aliphatic carbocycles. The first-order valence-electron chi connectivity index (χ1n) is 7.05. The molecule has 0 N–H and O–H groups in total. The van der Waals surface area contributed by atoms with Gasteiger partial charge in [-0.15, -0.1) is 0 Å². The summed E-state index contributed by atoms with van der Waals surface area (Å²) in [6, 6.07) is 27.1. The van der Waals surface area contributed by atoms with Gasteiger partial charge in [-0.1, -0.05) is 78.9 Å². The largest absolute Gasteiger partial charge is 0.768 e. The van der Waals surface area contributed by atoms with Crippen molar-refractivity contribution in [1.29, 1.82) is 0 Å². The van der Waals surface area contributed by atoms with Crippen LogP contribution in [0, 0.1) is 0 Å². The van der Waals surface area contributed by atoms with Crippen molar-refractivity contribution in [2.24, 2.45) is 0 Å². The molecule has 3 rings (SSSR count). The number of benzene rings is 3. The lowest BCUT2D eigenvalue weighted by molar-refractivity contribution is 0.536. The quantitative estimate of drug-likeness (QED) is 0.537. The average molecular weight is 307 g/mol. The van der Waals surface area contributed by atoms with Gasteiger partial charge in [0, 0.05) is 10.8 Å². The van der Waals surface area contributed by atoms with Gasteiger partial charge >= 0.3 is 0 Å². The van der Waals surface area contributed by atoms with E-state index in [0.717, 1.165) is 16.7 Å². The van der Waals surface area contributed by atoms with E-state index >= 15 is 0 Å². The number of hydrogen-bond donors (Lipinski definition) is 0. The maximum atomic E-state index is 11.6. The van der Waals surface area contributed by atoms with E-state index in [0.29, 0.717) is 4.90 Å². The van der Waals surface area contributed by atoms with Crippen LogP contribution < -0.4 is 0 Å². The molecule has 3 aromatic rings. The first-order valence-corrected chi connectivity index (χ1v) is 8.13. The molecule has 1 atom stereocenters. The zero-order chi connectivity index (χ0) is 15.4. The molecule has 0 amide bonds. The lowest BCUT2D eigenvalue weighted by Crippen LogP contribution is -2.07. The van der Waals surface area contributed by atoms with Gasteiger partial charge < -0.3 is 4.55 Å². The molecular weight excluding hydrogens is 292 g/mol. The Morgan fingerprint density at radius 3 is 1.64 bits per heavy atom. The van der Waals surface area contributed by atoms with E-state index in [9.17, 15) is 8.76 Å². The molecule has 0 heterocycles. The van der Waals surface area contributed by atoms with Gasteiger partial charge in [0.2, 0.25) is 0 Å². The van der Waals surface area contributed by atoms with Crippen LogP contribution in [0.5, 0.6) is 0 Å². The molecule has 0 radical (unpaired) electrons. The van der Waals surface area contributed by atoms with Crippen molar-refractivity contribution in [2.75, 3.05) is 0 Å².